The van der Waals surface area contributed by atoms with Crippen LogP contribution in [0.25, 0.3) is 0 Å². The highest BCUT2D eigenvalue weighted by atomic mass is 32.2. The Morgan fingerprint density at radius 3 is 2.15 bits per heavy atom. The Bertz CT molecular complexity index is 900. The highest BCUT2D eigenvalue weighted by Crippen LogP contribution is 2.39. The van der Waals surface area contributed by atoms with Crippen molar-refractivity contribution in [2.45, 2.75) is 41.2 Å². The Kier molecular flexibility index (Phi) is 4.87. The van der Waals surface area contributed by atoms with Crippen molar-refractivity contribution in [2.24, 2.45) is 5.92 Å². The largest absolute Gasteiger partial charge is 0.358 e. The molecule has 150 valence electrons. The third-order valence-electron chi connectivity index (χ3n) is 5.81. The Labute approximate surface area is 161 Å². The van der Waals surface area contributed by atoms with Gasteiger partial charge in [0.15, 0.2) is 9.84 Å². The fourth-order valence-corrected chi connectivity index (χ4v) is 6.42. The van der Waals surface area contributed by atoms with Crippen molar-refractivity contribution in [1.82, 2.24) is 9.21 Å². The molecule has 0 bridgehead atoms. The van der Waals surface area contributed by atoms with Gasteiger partial charge in [-0.15, -0.1) is 0 Å². The zero-order valence-corrected chi connectivity index (χ0v) is 17.1. The summed E-state index contributed by atoms with van der Waals surface area (Å²) in [6, 6.07) is 5.45. The van der Waals surface area contributed by atoms with Crippen LogP contribution in [0, 0.1) is 5.92 Å². The van der Waals surface area contributed by atoms with E-state index in [9.17, 15) is 16.8 Å². The molecule has 27 heavy (non-hydrogen) atoms. The maximum atomic E-state index is 13.2. The Balaban J connectivity index is 1.54. The lowest BCUT2D eigenvalue weighted by Gasteiger charge is -2.43. The van der Waals surface area contributed by atoms with Crippen LogP contribution in [0.5, 0.6) is 0 Å². The Morgan fingerprint density at radius 1 is 1.00 bits per heavy atom. The fraction of sp³-hybridized carbons (Fsp3) is 0.667. The second kappa shape index (κ2) is 6.81. The first-order chi connectivity index (χ1) is 12.7. The molecule has 0 aromatic heterocycles. The molecule has 0 amide bonds. The number of rotatable bonds is 5. The summed E-state index contributed by atoms with van der Waals surface area (Å²) < 4.78 is 57.1. The summed E-state index contributed by atoms with van der Waals surface area (Å²) in [7, 11) is -7.10. The SMILES string of the molecule is CS(=O)(=O)c1ccc(S(=O)(=O)N2CCOC23CCN(CC2CC2)CC3)cc1. The standard InChI is InChI=1S/C18H26N2O5S2/c1-26(21,22)16-4-6-17(7-5-16)27(23,24)20-12-13-25-18(20)8-10-19(11-9-18)14-15-2-3-15/h4-7,15H,2-3,8-14H2,1H3. The van der Waals surface area contributed by atoms with Crippen molar-refractivity contribution in [1.29, 1.82) is 0 Å². The summed E-state index contributed by atoms with van der Waals surface area (Å²) in [5, 5.41) is 0. The second-order valence-corrected chi connectivity index (χ2v) is 11.7. The molecule has 1 saturated carbocycles. The number of sulfonamides is 1. The Morgan fingerprint density at radius 2 is 1.59 bits per heavy atom. The molecule has 4 rings (SSSR count). The minimum absolute atomic E-state index is 0.111. The van der Waals surface area contributed by atoms with Gasteiger partial charge in [-0.05, 0) is 43.0 Å². The predicted octanol–water partition coefficient (Wildman–Crippen LogP) is 1.31. The van der Waals surface area contributed by atoms with Crippen LogP contribution in [0.3, 0.4) is 0 Å². The average Bonchev–Trinajstić information content (AvgIpc) is 3.35. The van der Waals surface area contributed by atoms with Gasteiger partial charge in [0.1, 0.15) is 5.72 Å². The molecule has 9 heteroatoms. The van der Waals surface area contributed by atoms with Gasteiger partial charge in [-0.2, -0.15) is 4.31 Å². The maximum Gasteiger partial charge on any atom is 0.245 e. The first-order valence-electron chi connectivity index (χ1n) is 9.40. The van der Waals surface area contributed by atoms with Gasteiger partial charge in [-0.1, -0.05) is 0 Å². The van der Waals surface area contributed by atoms with Gasteiger partial charge in [0.05, 0.1) is 16.4 Å². The average molecular weight is 415 g/mol. The van der Waals surface area contributed by atoms with Crippen molar-refractivity contribution in [3.63, 3.8) is 0 Å². The number of nitrogens with zero attached hydrogens (tertiary/aromatic N) is 2. The van der Waals surface area contributed by atoms with Crippen LogP contribution in [0.1, 0.15) is 25.7 Å². The van der Waals surface area contributed by atoms with E-state index in [2.05, 4.69) is 4.90 Å². The first-order valence-corrected chi connectivity index (χ1v) is 12.7. The summed E-state index contributed by atoms with van der Waals surface area (Å²) in [5.41, 5.74) is -0.769. The molecule has 0 atom stereocenters. The van der Waals surface area contributed by atoms with Crippen molar-refractivity contribution in [3.05, 3.63) is 24.3 Å². The van der Waals surface area contributed by atoms with E-state index in [4.69, 9.17) is 4.74 Å². The monoisotopic (exact) mass is 414 g/mol. The summed E-state index contributed by atoms with van der Waals surface area (Å²) in [4.78, 5) is 2.64. The first kappa shape index (κ1) is 19.3. The number of sulfone groups is 1. The van der Waals surface area contributed by atoms with Crippen LogP contribution < -0.4 is 0 Å². The van der Waals surface area contributed by atoms with Crippen molar-refractivity contribution < 1.29 is 21.6 Å². The lowest BCUT2D eigenvalue weighted by Crippen LogP contribution is -2.55. The van der Waals surface area contributed by atoms with Crippen LogP contribution in [0.15, 0.2) is 34.1 Å². The lowest BCUT2D eigenvalue weighted by molar-refractivity contribution is -0.0910. The summed E-state index contributed by atoms with van der Waals surface area (Å²) >= 11 is 0. The van der Waals surface area contributed by atoms with Gasteiger partial charge < -0.3 is 9.64 Å². The lowest BCUT2D eigenvalue weighted by atomic mass is 10.0. The van der Waals surface area contributed by atoms with Gasteiger partial charge in [-0.25, -0.2) is 16.8 Å². The van der Waals surface area contributed by atoms with Crippen LogP contribution in [0.2, 0.25) is 0 Å². The molecule has 0 N–H and O–H groups in total. The normalized spacial score (nSPS) is 24.5. The molecule has 0 unspecified atom stereocenters. The topological polar surface area (TPSA) is 84.0 Å². The van der Waals surface area contributed by atoms with Crippen LogP contribution in [0.4, 0.5) is 0 Å². The molecule has 1 aromatic carbocycles. The number of benzene rings is 1. The molecule has 2 saturated heterocycles. The highest BCUT2D eigenvalue weighted by molar-refractivity contribution is 7.90. The van der Waals surface area contributed by atoms with Crippen molar-refractivity contribution >= 4 is 19.9 Å². The van der Waals surface area contributed by atoms with Crippen LogP contribution >= 0.6 is 0 Å². The summed E-state index contributed by atoms with van der Waals surface area (Å²) in [6.45, 7) is 3.52. The molecule has 7 nitrogen and oxygen atoms in total. The fourth-order valence-electron chi connectivity index (χ4n) is 4.06. The van der Waals surface area contributed by atoms with Crippen LogP contribution in [-0.4, -0.2) is 70.8 Å². The highest BCUT2D eigenvalue weighted by Gasteiger charge is 2.50. The molecule has 0 radical (unpaired) electrons. The van der Waals surface area contributed by atoms with Crippen LogP contribution in [-0.2, 0) is 24.6 Å². The van der Waals surface area contributed by atoms with Gasteiger partial charge >= 0.3 is 0 Å². The van der Waals surface area contributed by atoms with E-state index < -0.39 is 25.6 Å². The molecule has 3 fully saturated rings. The van der Waals surface area contributed by atoms with E-state index in [0.717, 1.165) is 31.8 Å². The van der Waals surface area contributed by atoms with Gasteiger partial charge in [0.2, 0.25) is 10.0 Å². The van der Waals surface area contributed by atoms with E-state index >= 15 is 0 Å². The number of ether oxygens (including phenoxy) is 1. The molecular formula is C18H26N2O5S2. The number of hydrogen-bond donors (Lipinski definition) is 0. The molecule has 3 aliphatic rings. The Hall–Kier alpha value is -1.00. The molecule has 2 heterocycles. The molecule has 1 aliphatic carbocycles. The maximum absolute atomic E-state index is 13.2. The van der Waals surface area contributed by atoms with Gasteiger partial charge in [-0.3, -0.25) is 0 Å². The molecular weight excluding hydrogens is 388 g/mol. The zero-order chi connectivity index (χ0) is 19.3. The van der Waals surface area contributed by atoms with Gasteiger partial charge in [0.25, 0.3) is 0 Å². The smallest absolute Gasteiger partial charge is 0.245 e. The van der Waals surface area contributed by atoms with E-state index in [1.165, 1.54) is 41.4 Å². The second-order valence-electron chi connectivity index (χ2n) is 7.86. The van der Waals surface area contributed by atoms with E-state index in [1.54, 1.807) is 0 Å². The molecule has 2 aliphatic heterocycles. The number of hydrogen-bond acceptors (Lipinski definition) is 6. The number of piperidine rings is 1. The number of likely N-dealkylation sites (tertiary alicyclic amines) is 1. The molecule has 1 aromatic rings. The van der Waals surface area contributed by atoms with E-state index in [1.807, 2.05) is 0 Å². The third kappa shape index (κ3) is 3.80. The van der Waals surface area contributed by atoms with Gasteiger partial charge in [0, 0.05) is 45.3 Å². The summed E-state index contributed by atoms with van der Waals surface area (Å²) in [6.07, 6.45) is 5.06. The van der Waals surface area contributed by atoms with Crippen molar-refractivity contribution in [3.8, 4) is 0 Å². The predicted molar refractivity (Wildman–Crippen MR) is 101 cm³/mol. The van der Waals surface area contributed by atoms with E-state index in [-0.39, 0.29) is 9.79 Å². The van der Waals surface area contributed by atoms with E-state index in [0.29, 0.717) is 26.0 Å². The zero-order valence-electron chi connectivity index (χ0n) is 15.5. The minimum Gasteiger partial charge on any atom is -0.358 e. The third-order valence-corrected chi connectivity index (χ3v) is 8.90. The summed E-state index contributed by atoms with van der Waals surface area (Å²) in [5.74, 6) is 0.816. The van der Waals surface area contributed by atoms with Crippen molar-refractivity contribution in [2.75, 3.05) is 39.0 Å². The minimum atomic E-state index is -3.74. The quantitative estimate of drug-likeness (QED) is 0.722. The molecule has 1 spiro atoms.